The fraction of sp³-hybridized carbons (Fsp3) is 0.167. The monoisotopic (exact) mass is 310 g/mol. The van der Waals surface area contributed by atoms with Crippen molar-refractivity contribution in [3.8, 4) is 0 Å². The number of hydrogen-bond acceptors (Lipinski definition) is 4. The molecule has 0 unspecified atom stereocenters. The Balaban J connectivity index is 2.61. The number of fused-ring (bicyclic) bond motifs is 1. The molecule has 0 saturated heterocycles. The summed E-state index contributed by atoms with van der Waals surface area (Å²) in [5, 5.41) is 14.0. The Labute approximate surface area is 112 Å². The second-order valence-electron chi connectivity index (χ2n) is 3.52. The van der Waals surface area contributed by atoms with Crippen molar-refractivity contribution in [2.75, 3.05) is 13.7 Å². The molecular formula is C12H11BrN2O3. The maximum absolute atomic E-state index is 11.7. The summed E-state index contributed by atoms with van der Waals surface area (Å²) in [4.78, 5) is 11.7. The highest BCUT2D eigenvalue weighted by Crippen LogP contribution is 2.22. The molecule has 0 fully saturated rings. The van der Waals surface area contributed by atoms with Gasteiger partial charge in [-0.3, -0.25) is 0 Å². The van der Waals surface area contributed by atoms with Gasteiger partial charge in [0.25, 0.3) is 0 Å². The first-order chi connectivity index (χ1) is 8.67. The molecule has 5 nitrogen and oxygen atoms in total. The lowest BCUT2D eigenvalue weighted by atomic mass is 10.2. The van der Waals surface area contributed by atoms with Crippen molar-refractivity contribution in [1.82, 2.24) is 9.78 Å². The first kappa shape index (κ1) is 12.8. The normalized spacial score (nSPS) is 11.8. The highest BCUT2D eigenvalue weighted by molar-refractivity contribution is 9.10. The summed E-state index contributed by atoms with van der Waals surface area (Å²) < 4.78 is 7.00. The van der Waals surface area contributed by atoms with Gasteiger partial charge in [-0.1, -0.05) is 22.0 Å². The Morgan fingerprint density at radius 3 is 3.06 bits per heavy atom. The van der Waals surface area contributed by atoms with Crippen LogP contribution in [0.25, 0.3) is 16.6 Å². The van der Waals surface area contributed by atoms with Crippen LogP contribution in [0.1, 0.15) is 0 Å². The van der Waals surface area contributed by atoms with Crippen LogP contribution in [0.3, 0.4) is 0 Å². The van der Waals surface area contributed by atoms with Crippen molar-refractivity contribution in [2.45, 2.75) is 0 Å². The summed E-state index contributed by atoms with van der Waals surface area (Å²) >= 11 is 3.37. The van der Waals surface area contributed by atoms with Crippen molar-refractivity contribution in [3.05, 3.63) is 34.9 Å². The van der Waals surface area contributed by atoms with E-state index in [0.717, 1.165) is 15.4 Å². The number of carbonyl (C=O) groups excluding carboxylic acids is 1. The average Bonchev–Trinajstić information content (AvgIpc) is 2.78. The predicted molar refractivity (Wildman–Crippen MR) is 70.8 cm³/mol. The first-order valence-corrected chi connectivity index (χ1v) is 5.99. The number of aromatic nitrogens is 2. The number of aliphatic hydroxyl groups is 1. The molecule has 0 bridgehead atoms. The van der Waals surface area contributed by atoms with Crippen LogP contribution in [-0.2, 0) is 9.53 Å². The number of hydrogen-bond donors (Lipinski definition) is 1. The van der Waals surface area contributed by atoms with Gasteiger partial charge in [-0.05, 0) is 18.2 Å². The van der Waals surface area contributed by atoms with Gasteiger partial charge in [-0.15, -0.1) is 0 Å². The SMILES string of the molecule is COC(=O)/C(=C/CO)n1ncc2ccc(Br)cc21. The minimum absolute atomic E-state index is 0.188. The number of carbonyl (C=O) groups is 1. The van der Waals surface area contributed by atoms with Gasteiger partial charge in [0.15, 0.2) is 0 Å². The number of benzene rings is 1. The Morgan fingerprint density at radius 2 is 2.39 bits per heavy atom. The van der Waals surface area contributed by atoms with Crippen molar-refractivity contribution in [3.63, 3.8) is 0 Å². The maximum atomic E-state index is 11.7. The third-order valence-corrected chi connectivity index (χ3v) is 2.93. The van der Waals surface area contributed by atoms with E-state index < -0.39 is 5.97 Å². The molecule has 0 atom stereocenters. The molecular weight excluding hydrogens is 300 g/mol. The third kappa shape index (κ3) is 2.30. The third-order valence-electron chi connectivity index (χ3n) is 2.44. The molecule has 0 aliphatic heterocycles. The molecule has 2 rings (SSSR count). The lowest BCUT2D eigenvalue weighted by Crippen LogP contribution is -2.12. The van der Waals surface area contributed by atoms with Crippen LogP contribution in [0, 0.1) is 0 Å². The van der Waals surface area contributed by atoms with Crippen LogP contribution in [0.15, 0.2) is 34.9 Å². The predicted octanol–water partition coefficient (Wildman–Crippen LogP) is 1.80. The quantitative estimate of drug-likeness (QED) is 0.693. The van der Waals surface area contributed by atoms with Crippen LogP contribution in [-0.4, -0.2) is 34.6 Å². The largest absolute Gasteiger partial charge is 0.464 e. The van der Waals surface area contributed by atoms with Gasteiger partial charge in [0, 0.05) is 9.86 Å². The summed E-state index contributed by atoms with van der Waals surface area (Å²) in [6.45, 7) is -0.264. The molecule has 0 aliphatic rings. The number of ether oxygens (including phenoxy) is 1. The Morgan fingerprint density at radius 1 is 1.61 bits per heavy atom. The Kier molecular flexibility index (Phi) is 3.78. The van der Waals surface area contributed by atoms with Crippen LogP contribution in [0.4, 0.5) is 0 Å². The molecule has 0 spiro atoms. The number of nitrogens with zero attached hydrogens (tertiary/aromatic N) is 2. The minimum Gasteiger partial charge on any atom is -0.464 e. The zero-order valence-electron chi connectivity index (χ0n) is 9.63. The summed E-state index contributed by atoms with van der Waals surface area (Å²) in [6, 6.07) is 5.62. The fourth-order valence-electron chi connectivity index (χ4n) is 1.63. The van der Waals surface area contributed by atoms with E-state index in [1.807, 2.05) is 18.2 Å². The van der Waals surface area contributed by atoms with Crippen LogP contribution >= 0.6 is 15.9 Å². The highest BCUT2D eigenvalue weighted by Gasteiger charge is 2.15. The van der Waals surface area contributed by atoms with Crippen LogP contribution in [0.5, 0.6) is 0 Å². The van der Waals surface area contributed by atoms with E-state index in [2.05, 4.69) is 25.8 Å². The number of methoxy groups -OCH3 is 1. The van der Waals surface area contributed by atoms with Crippen molar-refractivity contribution < 1.29 is 14.6 Å². The van der Waals surface area contributed by atoms with Crippen molar-refractivity contribution in [1.29, 1.82) is 0 Å². The molecule has 0 aliphatic carbocycles. The highest BCUT2D eigenvalue weighted by atomic mass is 79.9. The second kappa shape index (κ2) is 5.32. The van der Waals surface area contributed by atoms with Gasteiger partial charge in [-0.25, -0.2) is 9.48 Å². The zero-order chi connectivity index (χ0) is 13.1. The standard InChI is InChI=1S/C12H11BrN2O3/c1-18-12(17)10(4-5-16)15-11-6-9(13)3-2-8(11)7-14-15/h2-4,6-7,16H,5H2,1H3/b10-4-. The summed E-state index contributed by atoms with van der Waals surface area (Å²) in [5.74, 6) is -0.547. The molecule has 1 aromatic carbocycles. The van der Waals surface area contributed by atoms with Gasteiger partial charge in [0.2, 0.25) is 0 Å². The van der Waals surface area contributed by atoms with Crippen LogP contribution in [0.2, 0.25) is 0 Å². The smallest absolute Gasteiger partial charge is 0.356 e. The lowest BCUT2D eigenvalue weighted by molar-refractivity contribution is -0.134. The molecule has 18 heavy (non-hydrogen) atoms. The number of halogens is 1. The van der Waals surface area contributed by atoms with E-state index in [9.17, 15) is 4.79 Å². The summed E-state index contributed by atoms with van der Waals surface area (Å²) in [6.07, 6.45) is 3.01. The van der Waals surface area contributed by atoms with Gasteiger partial charge in [-0.2, -0.15) is 5.10 Å². The van der Waals surface area contributed by atoms with E-state index in [1.165, 1.54) is 17.9 Å². The van der Waals surface area contributed by atoms with E-state index >= 15 is 0 Å². The number of aliphatic hydroxyl groups excluding tert-OH is 1. The molecule has 0 saturated carbocycles. The van der Waals surface area contributed by atoms with E-state index in [4.69, 9.17) is 5.11 Å². The molecule has 6 heteroatoms. The molecule has 94 valence electrons. The molecule has 0 amide bonds. The molecule has 0 radical (unpaired) electrons. The summed E-state index contributed by atoms with van der Waals surface area (Å²) in [5.41, 5.74) is 0.947. The molecule has 1 heterocycles. The molecule has 1 N–H and O–H groups in total. The van der Waals surface area contributed by atoms with Crippen molar-refractivity contribution >= 4 is 38.5 Å². The number of esters is 1. The van der Waals surface area contributed by atoms with Gasteiger partial charge >= 0.3 is 5.97 Å². The van der Waals surface area contributed by atoms with Crippen LogP contribution < -0.4 is 0 Å². The molecule has 1 aromatic heterocycles. The van der Waals surface area contributed by atoms with E-state index in [0.29, 0.717) is 0 Å². The maximum Gasteiger partial charge on any atom is 0.356 e. The lowest BCUT2D eigenvalue weighted by Gasteiger charge is -2.06. The topological polar surface area (TPSA) is 64.3 Å². The van der Waals surface area contributed by atoms with Gasteiger partial charge in [0.05, 0.1) is 25.4 Å². The minimum atomic E-state index is -0.547. The fourth-order valence-corrected chi connectivity index (χ4v) is 1.98. The summed E-state index contributed by atoms with van der Waals surface area (Å²) in [7, 11) is 1.29. The number of rotatable bonds is 3. The Bertz CT molecular complexity index is 619. The van der Waals surface area contributed by atoms with E-state index in [-0.39, 0.29) is 12.3 Å². The van der Waals surface area contributed by atoms with Crippen molar-refractivity contribution in [2.24, 2.45) is 0 Å². The van der Waals surface area contributed by atoms with Gasteiger partial charge < -0.3 is 9.84 Å². The van der Waals surface area contributed by atoms with Gasteiger partial charge in [0.1, 0.15) is 5.70 Å². The first-order valence-electron chi connectivity index (χ1n) is 5.20. The molecule has 2 aromatic rings. The van der Waals surface area contributed by atoms with E-state index in [1.54, 1.807) is 6.20 Å². The average molecular weight is 311 g/mol. The Hall–Kier alpha value is -1.66. The second-order valence-corrected chi connectivity index (χ2v) is 4.44. The zero-order valence-corrected chi connectivity index (χ0v) is 11.2.